The molecule has 1 unspecified atom stereocenters. The molecule has 0 saturated carbocycles. The molecule has 0 fully saturated rings. The van der Waals surface area contributed by atoms with Crippen molar-refractivity contribution >= 4 is 52.5 Å². The largest absolute Gasteiger partial charge is 0.460 e. The van der Waals surface area contributed by atoms with Crippen LogP contribution in [0, 0.1) is 0 Å². The van der Waals surface area contributed by atoms with Crippen LogP contribution in [-0.4, -0.2) is 22.2 Å². The van der Waals surface area contributed by atoms with Gasteiger partial charge in [0, 0.05) is 11.8 Å². The van der Waals surface area contributed by atoms with Gasteiger partial charge in [-0.25, -0.2) is 9.21 Å². The van der Waals surface area contributed by atoms with E-state index >= 15 is 0 Å². The third-order valence-corrected chi connectivity index (χ3v) is 3.01. The van der Waals surface area contributed by atoms with E-state index in [0.717, 1.165) is 0 Å². The molecule has 0 aliphatic carbocycles. The fraction of sp³-hybridized carbons (Fsp3) is 0.500. The van der Waals surface area contributed by atoms with Crippen molar-refractivity contribution in [2.45, 2.75) is 12.1 Å². The predicted octanol–water partition coefficient (Wildman–Crippen LogP) is 2.53. The Morgan fingerprint density at radius 2 is 2.21 bits per heavy atom. The van der Waals surface area contributed by atoms with Crippen molar-refractivity contribution in [3.05, 3.63) is 10.4 Å². The summed E-state index contributed by atoms with van der Waals surface area (Å²) >= 11 is 22.4. The molecule has 1 rings (SSSR count). The van der Waals surface area contributed by atoms with Crippen LogP contribution in [0.15, 0.2) is 10.4 Å². The lowest BCUT2D eigenvalue weighted by Gasteiger charge is -2.24. The van der Waals surface area contributed by atoms with Crippen LogP contribution < -0.4 is 0 Å². The molecule has 0 amide bonds. The smallest absolute Gasteiger partial charge is 0.391 e. The Morgan fingerprint density at radius 3 is 2.57 bits per heavy atom. The Hall–Kier alpha value is -0.0300. The van der Waals surface area contributed by atoms with Gasteiger partial charge in [-0.1, -0.05) is 11.6 Å². The highest BCUT2D eigenvalue weighted by molar-refractivity contribution is 6.45. The van der Waals surface area contributed by atoms with Gasteiger partial charge in [-0.05, 0) is 30.1 Å². The summed E-state index contributed by atoms with van der Waals surface area (Å²) in [5.74, 6) is -0.884. The Bertz CT molecular complexity index is 295. The summed E-state index contributed by atoms with van der Waals surface area (Å²) in [6.45, 7) is 1.75. The average molecular weight is 281 g/mol. The third kappa shape index (κ3) is 1.84. The summed E-state index contributed by atoms with van der Waals surface area (Å²) in [5, 5.41) is -2.45. The molecule has 0 spiro atoms. The van der Waals surface area contributed by atoms with Crippen LogP contribution in [0.4, 0.5) is 0 Å². The lowest BCUT2D eigenvalue weighted by molar-refractivity contribution is -0.161. The number of carbonyl (C=O) groups excluding carboxylic acids is 1. The molecule has 4 nitrogen and oxygen atoms in total. The molecule has 1 aliphatic heterocycles. The van der Waals surface area contributed by atoms with Crippen molar-refractivity contribution in [2.75, 3.05) is 6.61 Å². The highest BCUT2D eigenvalue weighted by Crippen LogP contribution is 2.43. The second-order valence-electron chi connectivity index (χ2n) is 2.23. The number of hydrogen-bond acceptors (Lipinski definition) is 4. The Balaban J connectivity index is 2.85. The van der Waals surface area contributed by atoms with E-state index < -0.39 is 11.2 Å². The standard InChI is InChI=1S/C6H5Cl4NO3/c1-2-13-5(12)6(9)11(10)3(7)4(8)14-6/h2H2,1H3. The van der Waals surface area contributed by atoms with Gasteiger partial charge in [-0.15, -0.1) is 0 Å². The van der Waals surface area contributed by atoms with Gasteiger partial charge < -0.3 is 9.47 Å². The first kappa shape index (κ1) is 12.0. The van der Waals surface area contributed by atoms with E-state index in [1.807, 2.05) is 0 Å². The van der Waals surface area contributed by atoms with E-state index in [9.17, 15) is 4.79 Å². The van der Waals surface area contributed by atoms with Crippen molar-refractivity contribution in [3.8, 4) is 0 Å². The summed E-state index contributed by atoms with van der Waals surface area (Å²) in [7, 11) is 0. The predicted molar refractivity (Wildman–Crippen MR) is 52.7 cm³/mol. The third-order valence-electron chi connectivity index (χ3n) is 1.34. The molecule has 0 aromatic heterocycles. The van der Waals surface area contributed by atoms with Gasteiger partial charge in [-0.2, -0.15) is 0 Å². The number of nitrogens with zero attached hydrogens (tertiary/aromatic N) is 1. The monoisotopic (exact) mass is 279 g/mol. The van der Waals surface area contributed by atoms with Gasteiger partial charge in [0.2, 0.25) is 5.22 Å². The molecule has 14 heavy (non-hydrogen) atoms. The molecule has 0 saturated heterocycles. The summed E-state index contributed by atoms with van der Waals surface area (Å²) in [6, 6.07) is 0. The zero-order valence-electron chi connectivity index (χ0n) is 6.89. The maximum Gasteiger partial charge on any atom is 0.391 e. The zero-order chi connectivity index (χ0) is 10.9. The number of ether oxygens (including phenoxy) is 2. The molecule has 0 bridgehead atoms. The average Bonchev–Trinajstić information content (AvgIpc) is 2.32. The molecule has 1 atom stereocenters. The SMILES string of the molecule is CCOC(=O)C1(Cl)OC(Cl)=C(Cl)N1Cl. The topological polar surface area (TPSA) is 38.8 Å². The van der Waals surface area contributed by atoms with Crippen LogP contribution >= 0.6 is 46.6 Å². The van der Waals surface area contributed by atoms with E-state index in [4.69, 9.17) is 51.3 Å². The second kappa shape index (κ2) is 4.23. The maximum absolute atomic E-state index is 11.3. The normalized spacial score (nSPS) is 26.5. The quantitative estimate of drug-likeness (QED) is 0.337. The lowest BCUT2D eigenvalue weighted by atomic mass is 10.5. The zero-order valence-corrected chi connectivity index (χ0v) is 9.91. The highest BCUT2D eigenvalue weighted by Gasteiger charge is 2.53. The van der Waals surface area contributed by atoms with Crippen molar-refractivity contribution in [1.82, 2.24) is 4.42 Å². The van der Waals surface area contributed by atoms with Crippen LogP contribution in [0.5, 0.6) is 0 Å². The van der Waals surface area contributed by atoms with Gasteiger partial charge in [0.25, 0.3) is 0 Å². The molecule has 0 radical (unpaired) electrons. The fourth-order valence-corrected chi connectivity index (χ4v) is 1.62. The van der Waals surface area contributed by atoms with Crippen molar-refractivity contribution < 1.29 is 14.3 Å². The Kier molecular flexibility index (Phi) is 3.63. The molecule has 0 aromatic rings. The van der Waals surface area contributed by atoms with Gasteiger partial charge in [0.15, 0.2) is 5.16 Å². The van der Waals surface area contributed by atoms with Crippen LogP contribution in [0.2, 0.25) is 0 Å². The molecule has 80 valence electrons. The summed E-state index contributed by atoms with van der Waals surface area (Å²) in [5.41, 5.74) is 0. The minimum atomic E-state index is -2.02. The molecule has 1 heterocycles. The van der Waals surface area contributed by atoms with Crippen molar-refractivity contribution in [2.24, 2.45) is 0 Å². The molecular weight excluding hydrogens is 276 g/mol. The Morgan fingerprint density at radius 1 is 1.64 bits per heavy atom. The molecule has 8 heteroatoms. The summed E-state index contributed by atoms with van der Waals surface area (Å²) in [4.78, 5) is 11.3. The summed E-state index contributed by atoms with van der Waals surface area (Å²) < 4.78 is 10.1. The molecule has 1 aliphatic rings. The first-order valence-corrected chi connectivity index (χ1v) is 4.97. The van der Waals surface area contributed by atoms with Crippen LogP contribution in [0.1, 0.15) is 6.92 Å². The van der Waals surface area contributed by atoms with Crippen molar-refractivity contribution in [3.63, 3.8) is 0 Å². The van der Waals surface area contributed by atoms with E-state index in [0.29, 0.717) is 4.42 Å². The van der Waals surface area contributed by atoms with Crippen molar-refractivity contribution in [1.29, 1.82) is 0 Å². The number of halogens is 4. The number of rotatable bonds is 2. The minimum absolute atomic E-state index is 0.136. The highest BCUT2D eigenvalue weighted by atomic mass is 35.5. The van der Waals surface area contributed by atoms with Crippen LogP contribution in [-0.2, 0) is 14.3 Å². The lowest BCUT2D eigenvalue weighted by Crippen LogP contribution is -2.43. The van der Waals surface area contributed by atoms with E-state index in [1.54, 1.807) is 6.92 Å². The van der Waals surface area contributed by atoms with Crippen LogP contribution in [0.3, 0.4) is 0 Å². The van der Waals surface area contributed by atoms with E-state index in [-0.39, 0.29) is 17.0 Å². The summed E-state index contributed by atoms with van der Waals surface area (Å²) in [6.07, 6.45) is 0. The maximum atomic E-state index is 11.3. The number of carbonyl (C=O) groups is 1. The van der Waals surface area contributed by atoms with Gasteiger partial charge >= 0.3 is 11.2 Å². The number of esters is 1. The number of hydrogen-bond donors (Lipinski definition) is 0. The van der Waals surface area contributed by atoms with Gasteiger partial charge in [-0.3, -0.25) is 0 Å². The van der Waals surface area contributed by atoms with Gasteiger partial charge in [0.05, 0.1) is 6.61 Å². The molecule has 0 aromatic carbocycles. The second-order valence-corrected chi connectivity index (χ2v) is 3.78. The van der Waals surface area contributed by atoms with Crippen LogP contribution in [0.25, 0.3) is 0 Å². The first-order valence-electron chi connectivity index (χ1n) is 3.50. The molecule has 0 N–H and O–H groups in total. The minimum Gasteiger partial charge on any atom is -0.460 e. The van der Waals surface area contributed by atoms with Gasteiger partial charge in [0.1, 0.15) is 0 Å². The first-order chi connectivity index (χ1) is 6.43. The Labute approximate surface area is 100 Å². The number of alkyl halides is 1. The van der Waals surface area contributed by atoms with E-state index in [1.165, 1.54) is 0 Å². The van der Waals surface area contributed by atoms with E-state index in [2.05, 4.69) is 4.74 Å². The fourth-order valence-electron chi connectivity index (χ4n) is 0.746. The molecular formula is C6H5Cl4NO3.